The average molecular weight is 286 g/mol. The van der Waals surface area contributed by atoms with E-state index in [0.717, 1.165) is 17.7 Å². The van der Waals surface area contributed by atoms with Crippen LogP contribution in [0.15, 0.2) is 47.0 Å². The highest BCUT2D eigenvalue weighted by Gasteiger charge is 2.14. The highest BCUT2D eigenvalue weighted by molar-refractivity contribution is 5.65. The summed E-state index contributed by atoms with van der Waals surface area (Å²) in [7, 11) is 1.58. The van der Waals surface area contributed by atoms with Crippen LogP contribution in [0.25, 0.3) is 22.8 Å². The van der Waals surface area contributed by atoms with Crippen molar-refractivity contribution in [2.24, 2.45) is 0 Å². The zero-order chi connectivity index (χ0) is 14.8. The Labute approximate surface area is 119 Å². The normalized spacial score (nSPS) is 10.6. The van der Waals surface area contributed by atoms with Gasteiger partial charge in [-0.1, -0.05) is 5.16 Å². The van der Waals surface area contributed by atoms with E-state index in [1.807, 2.05) is 0 Å². The summed E-state index contributed by atoms with van der Waals surface area (Å²) in [6.07, 6.45) is 0. The van der Waals surface area contributed by atoms with Crippen LogP contribution >= 0.6 is 0 Å². The van der Waals surface area contributed by atoms with E-state index in [0.29, 0.717) is 11.6 Å². The molecule has 0 spiro atoms. The maximum absolute atomic E-state index is 13.2. The van der Waals surface area contributed by atoms with Gasteiger partial charge in [0, 0.05) is 5.56 Å². The third kappa shape index (κ3) is 2.55. The largest absolute Gasteiger partial charge is 0.507 e. The molecule has 0 aliphatic carbocycles. The zero-order valence-corrected chi connectivity index (χ0v) is 11.1. The third-order valence-corrected chi connectivity index (χ3v) is 2.96. The van der Waals surface area contributed by atoms with Gasteiger partial charge in [-0.2, -0.15) is 4.98 Å². The van der Waals surface area contributed by atoms with Crippen LogP contribution in [0, 0.1) is 5.82 Å². The van der Waals surface area contributed by atoms with Gasteiger partial charge in [-0.05, 0) is 42.5 Å². The molecule has 0 unspecified atom stereocenters. The minimum absolute atomic E-state index is 0.0535. The molecular weight excluding hydrogens is 275 g/mol. The summed E-state index contributed by atoms with van der Waals surface area (Å²) in [6.45, 7) is 0. The van der Waals surface area contributed by atoms with E-state index in [9.17, 15) is 9.50 Å². The molecule has 0 aliphatic heterocycles. The fourth-order valence-corrected chi connectivity index (χ4v) is 1.87. The molecule has 0 saturated heterocycles. The predicted octanol–water partition coefficient (Wildman–Crippen LogP) is 3.26. The van der Waals surface area contributed by atoms with Crippen LogP contribution < -0.4 is 4.74 Å². The Balaban J connectivity index is 1.97. The van der Waals surface area contributed by atoms with Crippen molar-refractivity contribution in [2.75, 3.05) is 7.11 Å². The van der Waals surface area contributed by atoms with Gasteiger partial charge in [0.2, 0.25) is 5.82 Å². The summed E-state index contributed by atoms with van der Waals surface area (Å²) in [6, 6.07) is 10.6. The van der Waals surface area contributed by atoms with Crippen LogP contribution in [-0.2, 0) is 0 Å². The molecule has 1 aromatic heterocycles. The lowest BCUT2D eigenvalue weighted by molar-refractivity contribution is 0.414. The quantitative estimate of drug-likeness (QED) is 0.800. The molecule has 1 N–H and O–H groups in total. The molecule has 3 aromatic rings. The van der Waals surface area contributed by atoms with Crippen molar-refractivity contribution in [3.05, 3.63) is 48.3 Å². The molecule has 0 saturated carbocycles. The third-order valence-electron chi connectivity index (χ3n) is 2.96. The van der Waals surface area contributed by atoms with Gasteiger partial charge in [-0.15, -0.1) is 0 Å². The number of methoxy groups -OCH3 is 1. The molecule has 0 amide bonds. The number of ether oxygens (including phenoxy) is 1. The number of phenolic OH excluding ortho intramolecular Hbond substituents is 1. The summed E-state index contributed by atoms with van der Waals surface area (Å²) in [5, 5.41) is 13.6. The Morgan fingerprint density at radius 3 is 2.62 bits per heavy atom. The number of aromatic nitrogens is 2. The second-order valence-corrected chi connectivity index (χ2v) is 4.31. The van der Waals surface area contributed by atoms with Crippen LogP contribution in [0.3, 0.4) is 0 Å². The molecule has 0 aliphatic rings. The van der Waals surface area contributed by atoms with E-state index in [1.54, 1.807) is 31.4 Å². The number of halogens is 1. The molecule has 2 aromatic carbocycles. The molecule has 21 heavy (non-hydrogen) atoms. The van der Waals surface area contributed by atoms with Crippen LogP contribution in [0.4, 0.5) is 4.39 Å². The standard InChI is InChI=1S/C15H11FN2O3/c1-20-11-5-2-9(3-6-11)14-17-15(21-18-14)12-8-10(16)4-7-13(12)19/h2-8,19H,1H3. The van der Waals surface area contributed by atoms with Crippen molar-refractivity contribution in [2.45, 2.75) is 0 Å². The zero-order valence-electron chi connectivity index (χ0n) is 11.1. The lowest BCUT2D eigenvalue weighted by Crippen LogP contribution is -1.85. The van der Waals surface area contributed by atoms with Gasteiger partial charge in [0.15, 0.2) is 0 Å². The summed E-state index contributed by atoms with van der Waals surface area (Å²) in [4.78, 5) is 4.16. The Morgan fingerprint density at radius 2 is 1.90 bits per heavy atom. The van der Waals surface area contributed by atoms with E-state index in [2.05, 4.69) is 10.1 Å². The van der Waals surface area contributed by atoms with Crippen molar-refractivity contribution < 1.29 is 18.8 Å². The molecule has 6 heteroatoms. The van der Waals surface area contributed by atoms with Gasteiger partial charge >= 0.3 is 0 Å². The smallest absolute Gasteiger partial charge is 0.262 e. The number of phenols is 1. The number of rotatable bonds is 3. The summed E-state index contributed by atoms with van der Waals surface area (Å²) >= 11 is 0. The van der Waals surface area contributed by atoms with Gasteiger partial charge in [0.05, 0.1) is 12.7 Å². The topological polar surface area (TPSA) is 68.4 Å². The first-order valence-electron chi connectivity index (χ1n) is 6.14. The molecule has 0 bridgehead atoms. The molecular formula is C15H11FN2O3. The summed E-state index contributed by atoms with van der Waals surface area (Å²) < 4.78 is 23.4. The van der Waals surface area contributed by atoms with Crippen LogP contribution in [0.1, 0.15) is 0 Å². The van der Waals surface area contributed by atoms with Gasteiger partial charge in [0.1, 0.15) is 17.3 Å². The molecule has 0 radical (unpaired) electrons. The Morgan fingerprint density at radius 1 is 1.14 bits per heavy atom. The molecule has 0 fully saturated rings. The predicted molar refractivity (Wildman–Crippen MR) is 73.3 cm³/mol. The minimum Gasteiger partial charge on any atom is -0.507 e. The lowest BCUT2D eigenvalue weighted by Gasteiger charge is -1.99. The highest BCUT2D eigenvalue weighted by atomic mass is 19.1. The monoisotopic (exact) mass is 286 g/mol. The first kappa shape index (κ1) is 13.1. The van der Waals surface area contributed by atoms with Gasteiger partial charge < -0.3 is 14.4 Å². The minimum atomic E-state index is -0.494. The van der Waals surface area contributed by atoms with Crippen molar-refractivity contribution in [1.29, 1.82) is 0 Å². The SMILES string of the molecule is COc1ccc(-c2noc(-c3cc(F)ccc3O)n2)cc1. The summed E-state index contributed by atoms with van der Waals surface area (Å²) in [5.41, 5.74) is 0.879. The van der Waals surface area contributed by atoms with Crippen molar-refractivity contribution >= 4 is 0 Å². The second kappa shape index (κ2) is 5.24. The number of aromatic hydroxyl groups is 1. The van der Waals surface area contributed by atoms with Gasteiger partial charge in [0.25, 0.3) is 5.89 Å². The number of nitrogens with zero attached hydrogens (tertiary/aromatic N) is 2. The molecule has 0 atom stereocenters. The Kier molecular flexibility index (Phi) is 3.27. The van der Waals surface area contributed by atoms with Crippen LogP contribution in [0.2, 0.25) is 0 Å². The number of hydrogen-bond acceptors (Lipinski definition) is 5. The highest BCUT2D eigenvalue weighted by Crippen LogP contribution is 2.30. The van der Waals surface area contributed by atoms with E-state index in [-0.39, 0.29) is 17.2 Å². The Hall–Kier alpha value is -2.89. The van der Waals surface area contributed by atoms with Gasteiger partial charge in [-0.3, -0.25) is 0 Å². The number of benzene rings is 2. The van der Waals surface area contributed by atoms with Crippen LogP contribution in [0.5, 0.6) is 11.5 Å². The molecule has 3 rings (SSSR count). The molecule has 1 heterocycles. The molecule has 106 valence electrons. The maximum Gasteiger partial charge on any atom is 0.262 e. The van der Waals surface area contributed by atoms with Crippen molar-refractivity contribution in [3.8, 4) is 34.3 Å². The Bertz CT molecular complexity index is 769. The lowest BCUT2D eigenvalue weighted by atomic mass is 10.2. The van der Waals surface area contributed by atoms with E-state index in [1.165, 1.54) is 6.07 Å². The van der Waals surface area contributed by atoms with Gasteiger partial charge in [-0.25, -0.2) is 4.39 Å². The maximum atomic E-state index is 13.2. The first-order chi connectivity index (χ1) is 10.2. The van der Waals surface area contributed by atoms with E-state index < -0.39 is 5.82 Å². The van der Waals surface area contributed by atoms with Crippen molar-refractivity contribution in [1.82, 2.24) is 10.1 Å². The number of hydrogen-bond donors (Lipinski definition) is 1. The second-order valence-electron chi connectivity index (χ2n) is 4.31. The van der Waals surface area contributed by atoms with E-state index >= 15 is 0 Å². The van der Waals surface area contributed by atoms with Crippen molar-refractivity contribution in [3.63, 3.8) is 0 Å². The molecule has 5 nitrogen and oxygen atoms in total. The average Bonchev–Trinajstić information content (AvgIpc) is 2.99. The summed E-state index contributed by atoms with van der Waals surface area (Å²) in [5.74, 6) is 0.493. The van der Waals surface area contributed by atoms with Crippen LogP contribution in [-0.4, -0.2) is 22.4 Å². The van der Waals surface area contributed by atoms with E-state index in [4.69, 9.17) is 9.26 Å². The fraction of sp³-hybridized carbons (Fsp3) is 0.0667. The first-order valence-corrected chi connectivity index (χ1v) is 6.14. The fourth-order valence-electron chi connectivity index (χ4n) is 1.87.